The Morgan fingerprint density at radius 3 is 2.65 bits per heavy atom. The molecular weight excluding hydrogens is 332 g/mol. The van der Waals surface area contributed by atoms with Crippen LogP contribution in [0.15, 0.2) is 30.3 Å². The zero-order chi connectivity index (χ0) is 18.5. The topological polar surface area (TPSA) is 73.2 Å². The quantitative estimate of drug-likeness (QED) is 0.840. The molecule has 2 fully saturated rings. The first-order valence-electron chi connectivity index (χ1n) is 9.58. The highest BCUT2D eigenvalue weighted by molar-refractivity contribution is 5.73. The minimum Gasteiger partial charge on any atom is -0.488 e. The molecule has 6 heteroatoms. The summed E-state index contributed by atoms with van der Waals surface area (Å²) in [4.78, 5) is 15.8. The maximum atomic E-state index is 11.8. The highest BCUT2D eigenvalue weighted by Gasteiger charge is 2.38. The number of hydrogen-bond acceptors (Lipinski definition) is 5. The summed E-state index contributed by atoms with van der Waals surface area (Å²) in [6, 6.07) is 9.63. The van der Waals surface area contributed by atoms with Gasteiger partial charge in [0.1, 0.15) is 18.0 Å². The van der Waals surface area contributed by atoms with Crippen molar-refractivity contribution in [2.75, 3.05) is 32.8 Å². The van der Waals surface area contributed by atoms with Crippen LogP contribution in [0.1, 0.15) is 26.2 Å². The molecule has 2 aliphatic rings. The number of nitrogens with zero attached hydrogens (tertiary/aromatic N) is 2. The van der Waals surface area contributed by atoms with Gasteiger partial charge in [0.15, 0.2) is 0 Å². The number of carbonyl (C=O) groups excluding carboxylic acids is 1. The van der Waals surface area contributed by atoms with Crippen LogP contribution in [0.5, 0.6) is 5.75 Å². The number of carbonyl (C=O) groups is 1. The van der Waals surface area contributed by atoms with Crippen LogP contribution in [0.2, 0.25) is 0 Å². The Labute approximate surface area is 155 Å². The lowest BCUT2D eigenvalue weighted by molar-refractivity contribution is -0.129. The van der Waals surface area contributed by atoms with Gasteiger partial charge in [-0.25, -0.2) is 0 Å². The van der Waals surface area contributed by atoms with Gasteiger partial charge in [-0.05, 0) is 31.4 Å². The van der Waals surface area contributed by atoms with Gasteiger partial charge in [-0.15, -0.1) is 0 Å². The number of benzene rings is 1. The second-order valence-electron chi connectivity index (χ2n) is 7.47. The summed E-state index contributed by atoms with van der Waals surface area (Å²) in [5, 5.41) is 20.7. The van der Waals surface area contributed by atoms with E-state index in [0.29, 0.717) is 19.6 Å². The van der Waals surface area contributed by atoms with Crippen molar-refractivity contribution in [1.29, 1.82) is 0 Å². The van der Waals surface area contributed by atoms with Crippen molar-refractivity contribution >= 4 is 5.91 Å². The van der Waals surface area contributed by atoms with Gasteiger partial charge in [0.25, 0.3) is 0 Å². The first-order chi connectivity index (χ1) is 12.6. The Hall–Kier alpha value is -1.63. The average molecular weight is 362 g/mol. The summed E-state index contributed by atoms with van der Waals surface area (Å²) in [5.74, 6) is 0.841. The SMILES string of the molecule is CC(=O)N1CCN(C2CCC[C@H](Oc3ccccc3)[C@@H]2O)CC(CO)C1. The molecule has 0 radical (unpaired) electrons. The van der Waals surface area contributed by atoms with Gasteiger partial charge >= 0.3 is 0 Å². The molecule has 1 aromatic carbocycles. The van der Waals surface area contributed by atoms with Crippen molar-refractivity contribution in [2.45, 2.75) is 44.4 Å². The minimum absolute atomic E-state index is 0.00146. The molecule has 1 amide bonds. The van der Waals surface area contributed by atoms with Crippen LogP contribution >= 0.6 is 0 Å². The van der Waals surface area contributed by atoms with Crippen molar-refractivity contribution in [3.8, 4) is 5.75 Å². The fraction of sp³-hybridized carbons (Fsp3) is 0.650. The van der Waals surface area contributed by atoms with Gasteiger partial charge < -0.3 is 19.8 Å². The van der Waals surface area contributed by atoms with Crippen molar-refractivity contribution in [2.24, 2.45) is 5.92 Å². The molecule has 3 rings (SSSR count). The van der Waals surface area contributed by atoms with Gasteiger partial charge in [0.2, 0.25) is 5.91 Å². The molecule has 1 aromatic rings. The van der Waals surface area contributed by atoms with Crippen LogP contribution in [0.4, 0.5) is 0 Å². The Bertz CT molecular complexity index is 582. The van der Waals surface area contributed by atoms with Gasteiger partial charge in [0.05, 0.1) is 0 Å². The summed E-state index contributed by atoms with van der Waals surface area (Å²) >= 11 is 0. The van der Waals surface area contributed by atoms with Gasteiger partial charge in [-0.1, -0.05) is 18.2 Å². The molecule has 144 valence electrons. The zero-order valence-electron chi connectivity index (χ0n) is 15.5. The summed E-state index contributed by atoms with van der Waals surface area (Å²) in [6.45, 7) is 4.25. The molecule has 1 saturated heterocycles. The summed E-state index contributed by atoms with van der Waals surface area (Å²) in [7, 11) is 0. The third-order valence-corrected chi connectivity index (χ3v) is 5.60. The molecule has 2 unspecified atom stereocenters. The molecule has 0 aromatic heterocycles. The number of hydrogen-bond donors (Lipinski definition) is 2. The fourth-order valence-electron chi connectivity index (χ4n) is 4.15. The fourth-order valence-corrected chi connectivity index (χ4v) is 4.15. The number of para-hydroxylation sites is 1. The van der Waals surface area contributed by atoms with Gasteiger partial charge in [0, 0.05) is 51.7 Å². The van der Waals surface area contributed by atoms with Crippen molar-refractivity contribution in [1.82, 2.24) is 9.80 Å². The Morgan fingerprint density at radius 2 is 1.96 bits per heavy atom. The normalized spacial score (nSPS) is 30.7. The third-order valence-electron chi connectivity index (χ3n) is 5.60. The van der Waals surface area contributed by atoms with E-state index in [9.17, 15) is 15.0 Å². The Morgan fingerprint density at radius 1 is 1.19 bits per heavy atom. The third kappa shape index (κ3) is 4.55. The van der Waals surface area contributed by atoms with Gasteiger partial charge in [-0.2, -0.15) is 0 Å². The number of aliphatic hydroxyl groups is 2. The van der Waals surface area contributed by atoms with Crippen LogP contribution in [0.3, 0.4) is 0 Å². The lowest BCUT2D eigenvalue weighted by atomic mass is 9.88. The maximum absolute atomic E-state index is 11.8. The smallest absolute Gasteiger partial charge is 0.219 e. The van der Waals surface area contributed by atoms with Crippen LogP contribution in [0, 0.1) is 5.92 Å². The van der Waals surface area contributed by atoms with Gasteiger partial charge in [-0.3, -0.25) is 9.69 Å². The lowest BCUT2D eigenvalue weighted by Gasteiger charge is -2.41. The molecule has 0 spiro atoms. The van der Waals surface area contributed by atoms with E-state index in [1.165, 1.54) is 0 Å². The molecule has 1 saturated carbocycles. The van der Waals surface area contributed by atoms with Crippen molar-refractivity contribution in [3.05, 3.63) is 30.3 Å². The molecule has 0 bridgehead atoms. The Kier molecular flexibility index (Phi) is 6.51. The number of ether oxygens (including phenoxy) is 1. The van der Waals surface area contributed by atoms with Crippen molar-refractivity contribution < 1.29 is 19.7 Å². The summed E-state index contributed by atoms with van der Waals surface area (Å²) in [5.41, 5.74) is 0. The summed E-state index contributed by atoms with van der Waals surface area (Å²) < 4.78 is 6.04. The van der Waals surface area contributed by atoms with E-state index in [1.54, 1.807) is 11.8 Å². The first-order valence-corrected chi connectivity index (χ1v) is 9.58. The second kappa shape index (κ2) is 8.84. The Balaban J connectivity index is 1.67. The van der Waals surface area contributed by atoms with Crippen LogP contribution < -0.4 is 4.74 Å². The van der Waals surface area contributed by atoms with E-state index >= 15 is 0 Å². The predicted octanol–water partition coefficient (Wildman–Crippen LogP) is 1.12. The van der Waals surface area contributed by atoms with E-state index < -0.39 is 6.10 Å². The van der Waals surface area contributed by atoms with E-state index in [0.717, 1.165) is 31.6 Å². The number of aliphatic hydroxyl groups excluding tert-OH is 2. The molecular formula is C20H30N2O4. The van der Waals surface area contributed by atoms with Crippen molar-refractivity contribution in [3.63, 3.8) is 0 Å². The average Bonchev–Trinajstić information content (AvgIpc) is 2.87. The maximum Gasteiger partial charge on any atom is 0.219 e. The molecule has 2 N–H and O–H groups in total. The standard InChI is InChI=1S/C20H30N2O4/c1-15(24)21-10-11-22(13-16(12-21)14-23)18-8-5-9-19(20(18)25)26-17-6-3-2-4-7-17/h2-4,6-7,16,18-20,23,25H,5,8-14H2,1H3/t16?,18?,19-,20+/m0/s1. The van der Waals surface area contributed by atoms with Crippen LogP contribution in [-0.2, 0) is 4.79 Å². The highest BCUT2D eigenvalue weighted by Crippen LogP contribution is 2.28. The number of rotatable bonds is 4. The number of amides is 1. The first kappa shape index (κ1) is 19.1. The van der Waals surface area contributed by atoms with E-state index in [4.69, 9.17) is 4.74 Å². The van der Waals surface area contributed by atoms with Crippen LogP contribution in [0.25, 0.3) is 0 Å². The molecule has 1 aliphatic heterocycles. The molecule has 4 atom stereocenters. The second-order valence-corrected chi connectivity index (χ2v) is 7.47. The van der Waals surface area contributed by atoms with E-state index in [2.05, 4.69) is 4.90 Å². The highest BCUT2D eigenvalue weighted by atomic mass is 16.5. The zero-order valence-corrected chi connectivity index (χ0v) is 15.5. The lowest BCUT2D eigenvalue weighted by Crippen LogP contribution is -2.54. The van der Waals surface area contributed by atoms with E-state index in [1.807, 2.05) is 30.3 Å². The molecule has 6 nitrogen and oxygen atoms in total. The molecule has 1 heterocycles. The summed E-state index contributed by atoms with van der Waals surface area (Å²) in [6.07, 6.45) is 1.94. The van der Waals surface area contributed by atoms with Crippen LogP contribution in [-0.4, -0.2) is 77.0 Å². The predicted molar refractivity (Wildman–Crippen MR) is 98.9 cm³/mol. The molecule has 26 heavy (non-hydrogen) atoms. The monoisotopic (exact) mass is 362 g/mol. The van der Waals surface area contributed by atoms with E-state index in [-0.39, 0.29) is 30.6 Å². The minimum atomic E-state index is -0.577. The molecule has 1 aliphatic carbocycles. The largest absolute Gasteiger partial charge is 0.488 e.